The number of hydrogen-bond donors (Lipinski definition) is 2. The molecule has 1 aliphatic heterocycles. The summed E-state index contributed by atoms with van der Waals surface area (Å²) in [6, 6.07) is 9.99. The lowest BCUT2D eigenvalue weighted by Crippen LogP contribution is -2.47. The number of ether oxygens (including phenoxy) is 1. The molecule has 1 heterocycles. The van der Waals surface area contributed by atoms with Crippen molar-refractivity contribution in [3.63, 3.8) is 0 Å². The van der Waals surface area contributed by atoms with Gasteiger partial charge in [-0.1, -0.05) is 18.2 Å². The van der Waals surface area contributed by atoms with Crippen LogP contribution >= 0.6 is 12.2 Å². The topological polar surface area (TPSA) is 33.3 Å². The van der Waals surface area contributed by atoms with E-state index in [4.69, 9.17) is 17.0 Å². The van der Waals surface area contributed by atoms with Crippen molar-refractivity contribution < 1.29 is 4.74 Å². The fraction of sp³-hybridized carbons (Fsp3) is 0.500. The Labute approximate surface area is 114 Å². The normalized spacial score (nSPS) is 15.9. The fourth-order valence-corrected chi connectivity index (χ4v) is 2.22. The lowest BCUT2D eigenvalue weighted by atomic mass is 10.0. The number of thiocarbonyl (C=S) groups is 1. The standard InChI is InChI=1S/C14H20N2OS/c18-14-15-10-12(11-16-14)6-4-5-9-17-13-7-2-1-3-8-13/h1-3,7-8,12H,4-6,9-11H2,(H2,15,16,18). The Balaban J connectivity index is 1.52. The third kappa shape index (κ3) is 4.53. The smallest absolute Gasteiger partial charge is 0.166 e. The van der Waals surface area contributed by atoms with Crippen LogP contribution in [-0.4, -0.2) is 24.8 Å². The first-order valence-corrected chi connectivity index (χ1v) is 6.95. The van der Waals surface area contributed by atoms with Crippen LogP contribution in [0.1, 0.15) is 19.3 Å². The van der Waals surface area contributed by atoms with Crippen LogP contribution in [0.25, 0.3) is 0 Å². The minimum atomic E-state index is 0.688. The number of benzene rings is 1. The molecule has 0 aliphatic carbocycles. The van der Waals surface area contributed by atoms with E-state index >= 15 is 0 Å². The predicted molar refractivity (Wildman–Crippen MR) is 77.9 cm³/mol. The first-order chi connectivity index (χ1) is 8.84. The third-order valence-electron chi connectivity index (χ3n) is 3.12. The molecule has 2 N–H and O–H groups in total. The summed E-state index contributed by atoms with van der Waals surface area (Å²) in [4.78, 5) is 0. The maximum atomic E-state index is 5.66. The van der Waals surface area contributed by atoms with E-state index in [9.17, 15) is 0 Å². The molecule has 1 aromatic carbocycles. The van der Waals surface area contributed by atoms with Crippen molar-refractivity contribution in [1.82, 2.24) is 10.6 Å². The Bertz CT molecular complexity index is 359. The Morgan fingerprint density at radius 2 is 1.83 bits per heavy atom. The highest BCUT2D eigenvalue weighted by Gasteiger charge is 2.14. The zero-order valence-corrected chi connectivity index (χ0v) is 11.3. The van der Waals surface area contributed by atoms with E-state index in [0.29, 0.717) is 5.92 Å². The van der Waals surface area contributed by atoms with Gasteiger partial charge < -0.3 is 15.4 Å². The van der Waals surface area contributed by atoms with Crippen LogP contribution in [0.2, 0.25) is 0 Å². The molecule has 1 saturated heterocycles. The molecule has 0 unspecified atom stereocenters. The van der Waals surface area contributed by atoms with Gasteiger partial charge in [-0.3, -0.25) is 0 Å². The van der Waals surface area contributed by atoms with Crippen molar-refractivity contribution in [2.75, 3.05) is 19.7 Å². The molecule has 1 aromatic rings. The van der Waals surface area contributed by atoms with Gasteiger partial charge in [0.25, 0.3) is 0 Å². The van der Waals surface area contributed by atoms with Gasteiger partial charge in [-0.2, -0.15) is 0 Å². The summed E-state index contributed by atoms with van der Waals surface area (Å²) < 4.78 is 5.66. The first-order valence-electron chi connectivity index (χ1n) is 6.54. The van der Waals surface area contributed by atoms with Gasteiger partial charge in [0, 0.05) is 13.1 Å². The molecule has 0 aromatic heterocycles. The minimum absolute atomic E-state index is 0.688. The maximum absolute atomic E-state index is 5.66. The van der Waals surface area contributed by atoms with Crippen LogP contribution in [0.3, 0.4) is 0 Å². The molecule has 4 heteroatoms. The fourth-order valence-electron chi connectivity index (χ4n) is 2.05. The summed E-state index contributed by atoms with van der Waals surface area (Å²) in [5.41, 5.74) is 0. The zero-order valence-electron chi connectivity index (χ0n) is 10.5. The van der Waals surface area contributed by atoms with E-state index in [1.807, 2.05) is 30.3 Å². The summed E-state index contributed by atoms with van der Waals surface area (Å²) in [6.07, 6.45) is 3.53. The lowest BCUT2D eigenvalue weighted by Gasteiger charge is -2.25. The molecule has 0 spiro atoms. The zero-order chi connectivity index (χ0) is 12.6. The van der Waals surface area contributed by atoms with Gasteiger partial charge >= 0.3 is 0 Å². The average molecular weight is 264 g/mol. The molecule has 1 aliphatic rings. The number of nitrogens with one attached hydrogen (secondary N) is 2. The van der Waals surface area contributed by atoms with Gasteiger partial charge in [-0.25, -0.2) is 0 Å². The van der Waals surface area contributed by atoms with Crippen LogP contribution in [0.15, 0.2) is 30.3 Å². The van der Waals surface area contributed by atoms with Crippen molar-refractivity contribution in [3.8, 4) is 5.75 Å². The van der Waals surface area contributed by atoms with Crippen molar-refractivity contribution in [1.29, 1.82) is 0 Å². The second-order valence-corrected chi connectivity index (χ2v) is 5.02. The second kappa shape index (κ2) is 7.21. The van der Waals surface area contributed by atoms with Crippen molar-refractivity contribution >= 4 is 17.3 Å². The number of hydrogen-bond acceptors (Lipinski definition) is 2. The molecular formula is C14H20N2OS. The Morgan fingerprint density at radius 3 is 2.56 bits per heavy atom. The van der Waals surface area contributed by atoms with Crippen molar-refractivity contribution in [2.24, 2.45) is 5.92 Å². The molecular weight excluding hydrogens is 244 g/mol. The summed E-state index contributed by atoms with van der Waals surface area (Å²) in [5, 5.41) is 7.17. The highest BCUT2D eigenvalue weighted by Crippen LogP contribution is 2.12. The van der Waals surface area contributed by atoms with Crippen LogP contribution < -0.4 is 15.4 Å². The molecule has 1 fully saturated rings. The Kier molecular flexibility index (Phi) is 5.27. The van der Waals surface area contributed by atoms with Crippen LogP contribution in [-0.2, 0) is 0 Å². The van der Waals surface area contributed by atoms with Crippen LogP contribution in [0, 0.1) is 5.92 Å². The third-order valence-corrected chi connectivity index (χ3v) is 3.41. The quantitative estimate of drug-likeness (QED) is 0.610. The second-order valence-electron chi connectivity index (χ2n) is 4.61. The van der Waals surface area contributed by atoms with E-state index < -0.39 is 0 Å². The number of unbranched alkanes of at least 4 members (excludes halogenated alkanes) is 1. The summed E-state index contributed by atoms with van der Waals surface area (Å²) in [5.74, 6) is 1.65. The first kappa shape index (κ1) is 13.1. The van der Waals surface area contributed by atoms with E-state index in [-0.39, 0.29) is 0 Å². The number of rotatable bonds is 6. The summed E-state index contributed by atoms with van der Waals surface area (Å²) >= 11 is 5.02. The summed E-state index contributed by atoms with van der Waals surface area (Å²) in [6.45, 7) is 2.81. The van der Waals surface area contributed by atoms with Gasteiger partial charge in [0.15, 0.2) is 5.11 Å². The minimum Gasteiger partial charge on any atom is -0.494 e. The molecule has 0 atom stereocenters. The van der Waals surface area contributed by atoms with Crippen molar-refractivity contribution in [3.05, 3.63) is 30.3 Å². The van der Waals surface area contributed by atoms with Gasteiger partial charge in [-0.05, 0) is 49.5 Å². The Morgan fingerprint density at radius 1 is 1.11 bits per heavy atom. The van der Waals surface area contributed by atoms with Gasteiger partial charge in [0.1, 0.15) is 5.75 Å². The maximum Gasteiger partial charge on any atom is 0.166 e. The number of para-hydroxylation sites is 1. The largest absolute Gasteiger partial charge is 0.494 e. The SMILES string of the molecule is S=C1NCC(CCCCOc2ccccc2)CN1. The summed E-state index contributed by atoms with van der Waals surface area (Å²) in [7, 11) is 0. The molecule has 2 rings (SSSR count). The average Bonchev–Trinajstić information content (AvgIpc) is 2.42. The van der Waals surface area contributed by atoms with E-state index in [1.54, 1.807) is 0 Å². The van der Waals surface area contributed by atoms with Gasteiger partial charge in [-0.15, -0.1) is 0 Å². The molecule has 18 heavy (non-hydrogen) atoms. The monoisotopic (exact) mass is 264 g/mol. The van der Waals surface area contributed by atoms with E-state index in [2.05, 4.69) is 10.6 Å². The molecule has 0 bridgehead atoms. The molecule has 0 radical (unpaired) electrons. The molecule has 0 amide bonds. The van der Waals surface area contributed by atoms with Crippen LogP contribution in [0.5, 0.6) is 5.75 Å². The molecule has 3 nitrogen and oxygen atoms in total. The van der Waals surface area contributed by atoms with Crippen molar-refractivity contribution in [2.45, 2.75) is 19.3 Å². The highest BCUT2D eigenvalue weighted by molar-refractivity contribution is 7.80. The van der Waals surface area contributed by atoms with Crippen LogP contribution in [0.4, 0.5) is 0 Å². The predicted octanol–water partition coefficient (Wildman–Crippen LogP) is 2.33. The highest BCUT2D eigenvalue weighted by atomic mass is 32.1. The van der Waals surface area contributed by atoms with Gasteiger partial charge in [0.2, 0.25) is 0 Å². The van der Waals surface area contributed by atoms with E-state index in [1.165, 1.54) is 12.8 Å². The van der Waals surface area contributed by atoms with Gasteiger partial charge in [0.05, 0.1) is 6.61 Å². The Hall–Kier alpha value is -1.29. The molecule has 98 valence electrons. The molecule has 0 saturated carbocycles. The lowest BCUT2D eigenvalue weighted by molar-refractivity contribution is 0.297. The van der Waals surface area contributed by atoms with E-state index in [0.717, 1.165) is 37.0 Å².